The van der Waals surface area contributed by atoms with Crippen molar-refractivity contribution >= 4 is 68.5 Å². The van der Waals surface area contributed by atoms with Crippen LogP contribution in [0.5, 0.6) is 0 Å². The van der Waals surface area contributed by atoms with E-state index < -0.39 is 29.7 Å². The summed E-state index contributed by atoms with van der Waals surface area (Å²) in [5.74, 6) is -1.27. The Kier molecular flexibility index (Phi) is 12.0. The highest BCUT2D eigenvalue weighted by Gasteiger charge is 2.46. The second kappa shape index (κ2) is 18.3. The largest absolute Gasteiger partial charge is 0.392 e. The van der Waals surface area contributed by atoms with Crippen LogP contribution in [0.25, 0.3) is 11.1 Å². The molecule has 1 unspecified atom stereocenters. The van der Waals surface area contributed by atoms with Crippen molar-refractivity contribution in [3.8, 4) is 11.1 Å². The van der Waals surface area contributed by atoms with Crippen molar-refractivity contribution in [3.05, 3.63) is 115 Å². The highest BCUT2D eigenvalue weighted by molar-refractivity contribution is 9.10. The molecule has 368 valence electrons. The first kappa shape index (κ1) is 46.8. The number of nitrogens with one attached hydrogen (secondary N) is 2. The molecule has 1 aromatic carbocycles. The summed E-state index contributed by atoms with van der Waals surface area (Å²) in [4.78, 5) is 97.9. The Morgan fingerprint density at radius 2 is 1.63 bits per heavy atom. The van der Waals surface area contributed by atoms with Crippen LogP contribution in [0.2, 0.25) is 0 Å². The molecular weight excluding hydrogens is 971 g/mol. The van der Waals surface area contributed by atoms with E-state index in [0.717, 1.165) is 81.1 Å². The van der Waals surface area contributed by atoms with Crippen LogP contribution < -0.4 is 26.0 Å². The van der Waals surface area contributed by atoms with Crippen molar-refractivity contribution in [2.24, 2.45) is 12.5 Å². The molecule has 18 nitrogen and oxygen atoms in total. The number of halogens is 1. The number of fused-ring (bicyclic) bond motifs is 4. The van der Waals surface area contributed by atoms with Gasteiger partial charge in [-0.05, 0) is 107 Å². The van der Waals surface area contributed by atoms with E-state index in [2.05, 4.69) is 64.7 Å². The number of hydrogen-bond acceptors (Lipinski definition) is 13. The maximum atomic E-state index is 14.0. The Morgan fingerprint density at radius 3 is 2.37 bits per heavy atom. The van der Waals surface area contributed by atoms with E-state index in [0.29, 0.717) is 69.9 Å². The number of carbonyl (C=O) groups is 5. The number of benzene rings is 1. The Labute approximate surface area is 418 Å². The third-order valence-electron chi connectivity index (χ3n) is 15.3. The number of amides is 5. The van der Waals surface area contributed by atoms with Gasteiger partial charge in [-0.1, -0.05) is 19.9 Å². The Morgan fingerprint density at radius 1 is 0.845 bits per heavy atom. The van der Waals surface area contributed by atoms with Crippen molar-refractivity contribution < 1.29 is 29.1 Å². The third-order valence-corrected chi connectivity index (χ3v) is 16.3. The fraction of sp³-hybridized carbons (Fsp3) is 0.423. The molecule has 0 bridgehead atoms. The molecule has 5 aliphatic heterocycles. The number of aromatic nitrogens is 4. The number of aryl methyl sites for hydroxylation is 1. The van der Waals surface area contributed by atoms with Crippen molar-refractivity contribution in [1.82, 2.24) is 39.1 Å². The van der Waals surface area contributed by atoms with Gasteiger partial charge in [-0.25, -0.2) is 9.97 Å². The first-order valence-corrected chi connectivity index (χ1v) is 25.3. The van der Waals surface area contributed by atoms with E-state index in [1.165, 1.54) is 15.8 Å². The smallest absolute Gasteiger partial charge is 0.276 e. The number of pyridine rings is 3. The minimum absolute atomic E-state index is 0.0712. The van der Waals surface area contributed by atoms with Gasteiger partial charge in [0.25, 0.3) is 23.3 Å². The number of piperidine rings is 2. The first-order chi connectivity index (χ1) is 34.2. The molecule has 3 N–H and O–H groups in total. The molecule has 1 aliphatic carbocycles. The molecule has 9 heterocycles. The zero-order valence-corrected chi connectivity index (χ0v) is 41.6. The predicted octanol–water partition coefficient (Wildman–Crippen LogP) is 4.62. The quantitative estimate of drug-likeness (QED) is 0.164. The van der Waals surface area contributed by atoms with E-state index in [-0.39, 0.29) is 47.5 Å². The van der Waals surface area contributed by atoms with Crippen LogP contribution in [0, 0.1) is 5.41 Å². The standard InChI is InChI=1S/C52H56BrN11O7/c1-52(2)24-31-23-40-50(70)63(21-20-62(40)41(31)25-52)46-37(29-65)35(10-13-54-46)32-22-38(49(69)58(3)27-32)56-42-8-5-34(26-55-42)60-14-11-33(12-15-60)61-18-16-59(17-19-61)28-30-4-6-36-44(45(30)53)51(71)64(48(36)68)39-7-9-43(66)57-47(39)67/h4-6,8,10,13,22-23,26-27,33,39,65H,7,9,11-12,14-21,24-25,28-29H2,1-3H3,(H,55,56)(H,57,66,67). The molecule has 0 saturated carbocycles. The summed E-state index contributed by atoms with van der Waals surface area (Å²) in [6, 6.07) is 12.5. The Bertz CT molecular complexity index is 3100. The van der Waals surface area contributed by atoms with Crippen LogP contribution in [-0.2, 0) is 49.2 Å². The van der Waals surface area contributed by atoms with Gasteiger partial charge < -0.3 is 24.5 Å². The van der Waals surface area contributed by atoms with Gasteiger partial charge in [0.1, 0.15) is 29.1 Å². The highest BCUT2D eigenvalue weighted by atomic mass is 79.9. The van der Waals surface area contributed by atoms with Gasteiger partial charge in [-0.2, -0.15) is 0 Å². The summed E-state index contributed by atoms with van der Waals surface area (Å²) < 4.78 is 4.23. The van der Waals surface area contributed by atoms with Gasteiger partial charge in [-0.15, -0.1) is 0 Å². The fourth-order valence-corrected chi connectivity index (χ4v) is 12.3. The summed E-state index contributed by atoms with van der Waals surface area (Å²) in [6.45, 7) is 11.1. The van der Waals surface area contributed by atoms with Crippen LogP contribution >= 0.6 is 15.9 Å². The maximum absolute atomic E-state index is 14.0. The number of aliphatic hydroxyl groups is 1. The Hall–Kier alpha value is -6.54. The van der Waals surface area contributed by atoms with Crippen LogP contribution in [0.15, 0.2) is 70.3 Å². The average molecular weight is 1030 g/mol. The topological polar surface area (TPSA) is 199 Å². The van der Waals surface area contributed by atoms with Crippen LogP contribution in [0.3, 0.4) is 0 Å². The number of carbonyl (C=O) groups excluding carboxylic acids is 5. The minimum atomic E-state index is -1.01. The van der Waals surface area contributed by atoms with E-state index >= 15 is 0 Å². The lowest BCUT2D eigenvalue weighted by molar-refractivity contribution is -0.136. The van der Waals surface area contributed by atoms with Crippen LogP contribution in [-0.4, -0.2) is 126 Å². The molecule has 5 amide bonds. The SMILES string of the molecule is Cn1cc(-c2ccnc(N3CCn4c(cc5c4CC(C)(C)C5)C3=O)c2CO)cc(Nc2ccc(N3CCC(N4CCN(Cc5ccc6c(c5Br)C(=O)N(C5CCC(=O)NC5=O)C6=O)CC4)CC3)cn2)c1=O. The van der Waals surface area contributed by atoms with Gasteiger partial charge in [0.15, 0.2) is 0 Å². The molecule has 3 saturated heterocycles. The lowest BCUT2D eigenvalue weighted by atomic mass is 9.90. The molecule has 6 aliphatic rings. The van der Waals surface area contributed by atoms with E-state index in [1.807, 2.05) is 30.5 Å². The molecule has 3 fully saturated rings. The fourth-order valence-electron chi connectivity index (χ4n) is 11.7. The summed E-state index contributed by atoms with van der Waals surface area (Å²) in [7, 11) is 1.69. The normalized spacial score (nSPS) is 20.7. The lowest BCUT2D eigenvalue weighted by Crippen LogP contribution is -2.54. The van der Waals surface area contributed by atoms with Crippen molar-refractivity contribution in [3.63, 3.8) is 0 Å². The second-order valence-corrected chi connectivity index (χ2v) is 21.3. The molecular formula is C52H56BrN11O7. The lowest BCUT2D eigenvalue weighted by Gasteiger charge is -2.43. The van der Waals surface area contributed by atoms with Crippen molar-refractivity contribution in [1.29, 1.82) is 0 Å². The van der Waals surface area contributed by atoms with E-state index in [9.17, 15) is 33.9 Å². The van der Waals surface area contributed by atoms with Crippen LogP contribution in [0.1, 0.15) is 93.1 Å². The first-order valence-electron chi connectivity index (χ1n) is 24.5. The van der Waals surface area contributed by atoms with Gasteiger partial charge in [-0.3, -0.25) is 53.7 Å². The third kappa shape index (κ3) is 8.45. The Balaban J connectivity index is 0.695. The average Bonchev–Trinajstić information content (AvgIpc) is 3.95. The molecule has 11 rings (SSSR count). The van der Waals surface area contributed by atoms with Gasteiger partial charge in [0.2, 0.25) is 11.8 Å². The molecule has 19 heteroatoms. The molecule has 0 radical (unpaired) electrons. The second-order valence-electron chi connectivity index (χ2n) is 20.5. The molecule has 0 spiro atoms. The maximum Gasteiger partial charge on any atom is 0.276 e. The number of rotatable bonds is 10. The van der Waals surface area contributed by atoms with Crippen molar-refractivity contribution in [2.45, 2.75) is 84.2 Å². The molecule has 4 aromatic heterocycles. The number of piperazine rings is 1. The zero-order chi connectivity index (χ0) is 49.5. The molecule has 5 aromatic rings. The van der Waals surface area contributed by atoms with E-state index in [4.69, 9.17) is 4.98 Å². The number of anilines is 4. The van der Waals surface area contributed by atoms with Crippen LogP contribution in [0.4, 0.5) is 23.0 Å². The predicted molar refractivity (Wildman–Crippen MR) is 269 cm³/mol. The summed E-state index contributed by atoms with van der Waals surface area (Å²) >= 11 is 3.63. The summed E-state index contributed by atoms with van der Waals surface area (Å²) in [5.41, 5.74) is 7.69. The molecule has 71 heavy (non-hydrogen) atoms. The van der Waals surface area contributed by atoms with Gasteiger partial charge in [0.05, 0.1) is 29.6 Å². The van der Waals surface area contributed by atoms with Gasteiger partial charge >= 0.3 is 0 Å². The van der Waals surface area contributed by atoms with E-state index in [1.54, 1.807) is 42.5 Å². The number of imide groups is 2. The minimum Gasteiger partial charge on any atom is -0.392 e. The summed E-state index contributed by atoms with van der Waals surface area (Å²) in [5, 5.41) is 16.3. The highest BCUT2D eigenvalue weighted by Crippen LogP contribution is 2.41. The summed E-state index contributed by atoms with van der Waals surface area (Å²) in [6.07, 6.45) is 9.28. The monoisotopic (exact) mass is 1030 g/mol. The zero-order valence-electron chi connectivity index (χ0n) is 40.0. The molecule has 1 atom stereocenters. The van der Waals surface area contributed by atoms with Gasteiger partial charge in [0, 0.05) is 112 Å². The number of nitrogens with zero attached hydrogens (tertiary/aromatic N) is 9. The number of hydrogen-bond donors (Lipinski definition) is 3. The van der Waals surface area contributed by atoms with Crippen molar-refractivity contribution in [2.75, 3.05) is 60.9 Å². The number of aliphatic hydroxyl groups excluding tert-OH is 1.